The van der Waals surface area contributed by atoms with Crippen LogP contribution >= 0.6 is 0 Å². The van der Waals surface area contributed by atoms with Crippen LogP contribution in [0.5, 0.6) is 0 Å². The van der Waals surface area contributed by atoms with Gasteiger partial charge in [0.1, 0.15) is 22.3 Å². The molecule has 0 atom stereocenters. The van der Waals surface area contributed by atoms with Crippen LogP contribution in [0.4, 0.5) is 34.1 Å². The first-order valence-electron chi connectivity index (χ1n) is 28.5. The van der Waals surface area contributed by atoms with Gasteiger partial charge >= 0.3 is 0 Å². The van der Waals surface area contributed by atoms with Crippen molar-refractivity contribution in [3.63, 3.8) is 0 Å². The van der Waals surface area contributed by atoms with E-state index in [1.54, 1.807) is 0 Å². The molecular formula is C76H56N4O2. The Morgan fingerprint density at radius 3 is 1.09 bits per heavy atom. The first-order chi connectivity index (χ1) is 40.3. The first kappa shape index (κ1) is 47.7. The normalized spacial score (nSPS) is 12.1. The van der Waals surface area contributed by atoms with Gasteiger partial charge in [-0.3, -0.25) is 0 Å². The molecule has 0 saturated heterocycles. The van der Waals surface area contributed by atoms with Crippen LogP contribution in [0, 0.1) is 0 Å². The molecule has 0 aliphatic carbocycles. The number of hydrogen-bond donors (Lipinski definition) is 0. The van der Waals surface area contributed by atoms with E-state index in [2.05, 4.69) is 301 Å². The number of furan rings is 2. The zero-order valence-electron chi connectivity index (χ0n) is 46.0. The van der Waals surface area contributed by atoms with Crippen molar-refractivity contribution in [2.45, 2.75) is 39.5 Å². The molecule has 0 saturated carbocycles. The molecule has 0 radical (unpaired) electrons. The number of hydrogen-bond acceptors (Lipinski definition) is 4. The Kier molecular flexibility index (Phi) is 10.8. The molecule has 82 heavy (non-hydrogen) atoms. The van der Waals surface area contributed by atoms with Gasteiger partial charge in [-0.2, -0.15) is 0 Å². The summed E-state index contributed by atoms with van der Waals surface area (Å²) in [7, 11) is 0. The predicted octanol–water partition coefficient (Wildman–Crippen LogP) is 22.0. The van der Waals surface area contributed by atoms with Crippen LogP contribution < -0.4 is 9.80 Å². The molecule has 16 aromatic rings. The summed E-state index contributed by atoms with van der Waals surface area (Å²) in [4.78, 5) is 4.76. The minimum absolute atomic E-state index is 0.412. The fourth-order valence-corrected chi connectivity index (χ4v) is 13.1. The minimum atomic E-state index is 0.412. The fraction of sp³-hybridized carbons (Fsp3) is 0.0789. The summed E-state index contributed by atoms with van der Waals surface area (Å²) >= 11 is 0. The van der Waals surface area contributed by atoms with Crippen molar-refractivity contribution in [3.8, 4) is 11.4 Å². The van der Waals surface area contributed by atoms with Gasteiger partial charge < -0.3 is 27.8 Å². The lowest BCUT2D eigenvalue weighted by Gasteiger charge is -2.26. The summed E-state index contributed by atoms with van der Waals surface area (Å²) in [5.41, 5.74) is 19.2. The Labute approximate surface area is 474 Å². The van der Waals surface area contributed by atoms with E-state index in [0.717, 1.165) is 111 Å². The Hall–Kier alpha value is -10.3. The molecule has 16 rings (SSSR count). The van der Waals surface area contributed by atoms with E-state index in [-0.39, 0.29) is 0 Å². The average molecular weight is 1060 g/mol. The van der Waals surface area contributed by atoms with Crippen molar-refractivity contribution in [1.82, 2.24) is 9.13 Å². The lowest BCUT2D eigenvalue weighted by atomic mass is 10.0. The van der Waals surface area contributed by atoms with Crippen LogP contribution in [0.2, 0.25) is 0 Å². The summed E-state index contributed by atoms with van der Waals surface area (Å²) < 4.78 is 19.0. The third kappa shape index (κ3) is 7.34. The second-order valence-corrected chi connectivity index (χ2v) is 22.4. The topological polar surface area (TPSA) is 42.6 Å². The highest BCUT2D eigenvalue weighted by Crippen LogP contribution is 2.49. The van der Waals surface area contributed by atoms with Crippen LogP contribution in [0.25, 0.3) is 110 Å². The standard InChI is InChI=1S/C76H56N4O2/c1-47(2)49-19-15-25-53(43-49)79-65-29-13-11-27-63(65)73-67(31-17-33-69(73)79)77(51-21-7-5-8-22-51)55-35-37-57-59-39-41-62-61(75(59)81-71(57)45-55)42-40-60-58-38-36-56(46-72(58)82-76(60)62)78(52-23-9-6-10-24-52)68-32-18-34-70-74(68)64-28-12-14-30-66(64)80(70)54-26-16-20-50(44-54)48(3)4/h5-48H,1-4H3. The molecule has 0 amide bonds. The van der Waals surface area contributed by atoms with Gasteiger partial charge in [-0.25, -0.2) is 0 Å². The Morgan fingerprint density at radius 2 is 0.659 bits per heavy atom. The molecule has 0 unspecified atom stereocenters. The molecule has 0 aliphatic rings. The molecule has 0 bridgehead atoms. The maximum absolute atomic E-state index is 7.08. The largest absolute Gasteiger partial charge is 0.455 e. The fourth-order valence-electron chi connectivity index (χ4n) is 13.1. The monoisotopic (exact) mass is 1060 g/mol. The third-order valence-corrected chi connectivity index (χ3v) is 17.0. The lowest BCUT2D eigenvalue weighted by molar-refractivity contribution is 0.669. The van der Waals surface area contributed by atoms with Crippen molar-refractivity contribution in [2.75, 3.05) is 9.80 Å². The van der Waals surface area contributed by atoms with Gasteiger partial charge in [0.2, 0.25) is 0 Å². The van der Waals surface area contributed by atoms with E-state index in [9.17, 15) is 0 Å². The number of para-hydroxylation sites is 4. The molecule has 6 nitrogen and oxygen atoms in total. The van der Waals surface area contributed by atoms with Gasteiger partial charge in [0.05, 0.1) is 33.4 Å². The van der Waals surface area contributed by atoms with Gasteiger partial charge in [0.25, 0.3) is 0 Å². The van der Waals surface area contributed by atoms with Gasteiger partial charge in [0, 0.05) is 100 Å². The summed E-state index contributed by atoms with van der Waals surface area (Å²) in [6.45, 7) is 9.03. The Bertz CT molecular complexity index is 4870. The zero-order valence-corrected chi connectivity index (χ0v) is 46.0. The van der Waals surface area contributed by atoms with Crippen molar-refractivity contribution in [3.05, 3.63) is 266 Å². The highest BCUT2D eigenvalue weighted by molar-refractivity contribution is 6.24. The van der Waals surface area contributed by atoms with Gasteiger partial charge in [-0.15, -0.1) is 0 Å². The quantitative estimate of drug-likeness (QED) is 0.137. The highest BCUT2D eigenvalue weighted by Gasteiger charge is 2.25. The van der Waals surface area contributed by atoms with Crippen molar-refractivity contribution >= 4 is 132 Å². The number of benzene rings is 12. The number of aromatic nitrogens is 2. The van der Waals surface area contributed by atoms with Crippen molar-refractivity contribution < 1.29 is 8.83 Å². The SMILES string of the molecule is CC(C)c1cccc(-n2c3ccccc3c3c(N(c4ccccc4)c4ccc5c(c4)oc4c5ccc5c4ccc4c6ccc(N(c7ccccc7)c7cccc8c7c7ccccc7n8-c7cccc(C(C)C)c7)cc6oc45)cccc32)c1. The molecule has 12 aromatic carbocycles. The lowest BCUT2D eigenvalue weighted by Crippen LogP contribution is -2.10. The Morgan fingerprint density at radius 1 is 0.293 bits per heavy atom. The van der Waals surface area contributed by atoms with Crippen LogP contribution in [-0.4, -0.2) is 9.13 Å². The van der Waals surface area contributed by atoms with Gasteiger partial charge in [-0.05, 0) is 156 Å². The number of anilines is 6. The van der Waals surface area contributed by atoms with Crippen LogP contribution in [0.3, 0.4) is 0 Å². The van der Waals surface area contributed by atoms with E-state index in [4.69, 9.17) is 8.83 Å². The smallest absolute Gasteiger partial charge is 0.143 e. The van der Waals surface area contributed by atoms with E-state index < -0.39 is 0 Å². The van der Waals surface area contributed by atoms with E-state index in [1.165, 1.54) is 43.7 Å². The average Bonchev–Trinajstić information content (AvgIpc) is 3.96. The predicted molar refractivity (Wildman–Crippen MR) is 345 cm³/mol. The molecule has 4 aromatic heterocycles. The summed E-state index contributed by atoms with van der Waals surface area (Å²) in [5, 5.41) is 11.0. The molecule has 0 N–H and O–H groups in total. The minimum Gasteiger partial charge on any atom is -0.455 e. The maximum Gasteiger partial charge on any atom is 0.143 e. The molecule has 392 valence electrons. The van der Waals surface area contributed by atoms with E-state index >= 15 is 0 Å². The zero-order chi connectivity index (χ0) is 54.7. The molecule has 0 fully saturated rings. The van der Waals surface area contributed by atoms with E-state index in [0.29, 0.717) is 11.8 Å². The third-order valence-electron chi connectivity index (χ3n) is 17.0. The second kappa shape index (κ2) is 18.7. The number of fused-ring (bicyclic) bond motifs is 15. The number of rotatable bonds is 10. The Balaban J connectivity index is 0.829. The van der Waals surface area contributed by atoms with Crippen LogP contribution in [0.15, 0.2) is 264 Å². The maximum atomic E-state index is 7.08. The second-order valence-electron chi connectivity index (χ2n) is 22.4. The van der Waals surface area contributed by atoms with Gasteiger partial charge in [-0.1, -0.05) is 137 Å². The first-order valence-corrected chi connectivity index (χ1v) is 28.5. The molecular weight excluding hydrogens is 1000 g/mol. The molecule has 6 heteroatoms. The van der Waals surface area contributed by atoms with Gasteiger partial charge in [0.15, 0.2) is 0 Å². The van der Waals surface area contributed by atoms with Crippen LogP contribution in [-0.2, 0) is 0 Å². The summed E-state index contributed by atoms with van der Waals surface area (Å²) in [6, 6.07) is 92.5. The summed E-state index contributed by atoms with van der Waals surface area (Å²) in [5.74, 6) is 0.824. The highest BCUT2D eigenvalue weighted by atomic mass is 16.3. The van der Waals surface area contributed by atoms with E-state index in [1.807, 2.05) is 0 Å². The summed E-state index contributed by atoms with van der Waals surface area (Å²) in [6.07, 6.45) is 0. The van der Waals surface area contributed by atoms with Crippen LogP contribution in [0.1, 0.15) is 50.7 Å². The number of nitrogens with zero attached hydrogens (tertiary/aromatic N) is 4. The van der Waals surface area contributed by atoms with Crippen molar-refractivity contribution in [1.29, 1.82) is 0 Å². The molecule has 0 spiro atoms. The molecule has 4 heterocycles. The van der Waals surface area contributed by atoms with Crippen molar-refractivity contribution in [2.24, 2.45) is 0 Å². The molecule has 0 aliphatic heterocycles.